The average Bonchev–Trinajstić information content (AvgIpc) is 2.60. The largest absolute Gasteiger partial charge is 0.497 e. The van der Waals surface area contributed by atoms with Crippen LogP contribution in [0.15, 0.2) is 29.3 Å². The highest BCUT2D eigenvalue weighted by Gasteiger charge is 2.15. The molecule has 0 radical (unpaired) electrons. The number of hydrogen-bond donors (Lipinski definition) is 3. The molecule has 24 heavy (non-hydrogen) atoms. The monoisotopic (exact) mass is 465 g/mol. The molecule has 0 aromatic heterocycles. The van der Waals surface area contributed by atoms with E-state index >= 15 is 0 Å². The number of aliphatic imine (C=N–C) groups is 1. The van der Waals surface area contributed by atoms with Crippen LogP contribution in [0, 0.1) is 0 Å². The summed E-state index contributed by atoms with van der Waals surface area (Å²) >= 11 is 1.98. The molecule has 1 saturated heterocycles. The molecule has 3 N–H and O–H groups in total. The number of ether oxygens (including phenoxy) is 1. The first-order valence-corrected chi connectivity index (χ1v) is 9.33. The summed E-state index contributed by atoms with van der Waals surface area (Å²) in [4.78, 5) is 4.53. The first-order chi connectivity index (χ1) is 11.2. The molecule has 0 spiro atoms. The molecule has 136 valence electrons. The van der Waals surface area contributed by atoms with Gasteiger partial charge in [0.1, 0.15) is 5.75 Å². The van der Waals surface area contributed by atoms with E-state index in [0.29, 0.717) is 12.6 Å². The van der Waals surface area contributed by atoms with Gasteiger partial charge >= 0.3 is 0 Å². The maximum Gasteiger partial charge on any atom is 0.191 e. The summed E-state index contributed by atoms with van der Waals surface area (Å²) in [5.41, 5.74) is 0.846. The van der Waals surface area contributed by atoms with Crippen molar-refractivity contribution in [1.29, 1.82) is 0 Å². The van der Waals surface area contributed by atoms with E-state index in [9.17, 15) is 5.11 Å². The third kappa shape index (κ3) is 7.06. The quantitative estimate of drug-likeness (QED) is 0.343. The van der Waals surface area contributed by atoms with Crippen LogP contribution in [-0.2, 0) is 0 Å². The molecule has 2 unspecified atom stereocenters. The fourth-order valence-electron chi connectivity index (χ4n) is 2.48. The Balaban J connectivity index is 0.00000288. The topological polar surface area (TPSA) is 65.9 Å². The number of methoxy groups -OCH3 is 1. The average molecular weight is 465 g/mol. The van der Waals surface area contributed by atoms with Crippen molar-refractivity contribution in [1.82, 2.24) is 10.6 Å². The number of aliphatic hydroxyl groups excluding tert-OH is 1. The van der Waals surface area contributed by atoms with Gasteiger partial charge in [-0.25, -0.2) is 0 Å². The van der Waals surface area contributed by atoms with Crippen LogP contribution in [0.2, 0.25) is 0 Å². The number of benzene rings is 1. The Bertz CT molecular complexity index is 493. The summed E-state index contributed by atoms with van der Waals surface area (Å²) < 4.78 is 5.13. The normalized spacial score (nSPS) is 19.1. The molecule has 0 bridgehead atoms. The number of rotatable bonds is 6. The lowest BCUT2D eigenvalue weighted by Crippen LogP contribution is -2.45. The van der Waals surface area contributed by atoms with E-state index in [2.05, 4.69) is 15.6 Å². The summed E-state index contributed by atoms with van der Waals surface area (Å²) in [7, 11) is 1.63. The zero-order valence-electron chi connectivity index (χ0n) is 14.3. The molecule has 1 aromatic rings. The Hall–Kier alpha value is -0.670. The van der Waals surface area contributed by atoms with Crippen molar-refractivity contribution in [3.8, 4) is 5.75 Å². The van der Waals surface area contributed by atoms with E-state index in [4.69, 9.17) is 4.74 Å². The van der Waals surface area contributed by atoms with Crippen molar-refractivity contribution in [3.05, 3.63) is 29.8 Å². The molecule has 2 atom stereocenters. The van der Waals surface area contributed by atoms with Gasteiger partial charge < -0.3 is 20.5 Å². The van der Waals surface area contributed by atoms with Crippen LogP contribution >= 0.6 is 35.7 Å². The fraction of sp³-hybridized carbons (Fsp3) is 0.588. The fourth-order valence-corrected chi connectivity index (χ4v) is 3.55. The lowest BCUT2D eigenvalue weighted by molar-refractivity contribution is 0.187. The second-order valence-corrected chi connectivity index (χ2v) is 6.72. The van der Waals surface area contributed by atoms with Gasteiger partial charge in [0, 0.05) is 18.3 Å². The smallest absolute Gasteiger partial charge is 0.191 e. The summed E-state index contributed by atoms with van der Waals surface area (Å²) in [5, 5.41) is 17.0. The third-order valence-electron chi connectivity index (χ3n) is 3.77. The molecule has 1 aromatic carbocycles. The Labute approximate surface area is 166 Å². The standard InChI is InChI=1S/C17H27N3O2S.HI/c1-3-18-17(20-14-5-4-10-23-12-14)19-11-16(21)13-6-8-15(22-2)9-7-13;/h6-9,14,16,21H,3-5,10-12H2,1-2H3,(H2,18,19,20);1H. The van der Waals surface area contributed by atoms with Gasteiger partial charge in [0.2, 0.25) is 0 Å². The third-order valence-corrected chi connectivity index (χ3v) is 4.98. The second kappa shape index (κ2) is 11.8. The molecule has 1 fully saturated rings. The van der Waals surface area contributed by atoms with Crippen LogP contribution in [0.4, 0.5) is 0 Å². The first-order valence-electron chi connectivity index (χ1n) is 8.17. The number of guanidine groups is 1. The number of thioether (sulfide) groups is 1. The molecule has 1 heterocycles. The zero-order valence-corrected chi connectivity index (χ0v) is 17.5. The Kier molecular flexibility index (Phi) is 10.5. The number of nitrogens with zero attached hydrogens (tertiary/aromatic N) is 1. The molecule has 0 saturated carbocycles. The Morgan fingerprint density at radius 3 is 2.75 bits per heavy atom. The van der Waals surface area contributed by atoms with Gasteiger partial charge in [-0.3, -0.25) is 4.99 Å². The van der Waals surface area contributed by atoms with Crippen LogP contribution in [-0.4, -0.2) is 48.8 Å². The SMILES string of the molecule is CCNC(=NCC(O)c1ccc(OC)cc1)NC1CCCSC1.I. The molecule has 1 aliphatic rings. The van der Waals surface area contributed by atoms with Crippen LogP contribution in [0.5, 0.6) is 5.75 Å². The van der Waals surface area contributed by atoms with Crippen LogP contribution < -0.4 is 15.4 Å². The van der Waals surface area contributed by atoms with Crippen molar-refractivity contribution in [2.45, 2.75) is 31.9 Å². The molecule has 1 aliphatic heterocycles. The van der Waals surface area contributed by atoms with E-state index in [1.165, 1.54) is 18.6 Å². The van der Waals surface area contributed by atoms with Gasteiger partial charge in [-0.05, 0) is 43.2 Å². The Morgan fingerprint density at radius 2 is 2.17 bits per heavy atom. The van der Waals surface area contributed by atoms with Gasteiger partial charge in [0.05, 0.1) is 19.8 Å². The summed E-state index contributed by atoms with van der Waals surface area (Å²) in [6, 6.07) is 7.91. The van der Waals surface area contributed by atoms with Crippen LogP contribution in [0.25, 0.3) is 0 Å². The molecule has 0 amide bonds. The van der Waals surface area contributed by atoms with E-state index in [1.54, 1.807) is 7.11 Å². The minimum atomic E-state index is -0.614. The van der Waals surface area contributed by atoms with E-state index in [-0.39, 0.29) is 24.0 Å². The van der Waals surface area contributed by atoms with Gasteiger partial charge in [0.25, 0.3) is 0 Å². The first kappa shape index (κ1) is 21.4. The number of nitrogens with one attached hydrogen (secondary N) is 2. The lowest BCUT2D eigenvalue weighted by Gasteiger charge is -2.24. The Morgan fingerprint density at radius 1 is 1.42 bits per heavy atom. The molecule has 5 nitrogen and oxygen atoms in total. The van der Waals surface area contributed by atoms with Gasteiger partial charge in [-0.2, -0.15) is 11.8 Å². The van der Waals surface area contributed by atoms with E-state index < -0.39 is 6.10 Å². The van der Waals surface area contributed by atoms with Crippen molar-refractivity contribution < 1.29 is 9.84 Å². The van der Waals surface area contributed by atoms with E-state index in [0.717, 1.165) is 29.6 Å². The van der Waals surface area contributed by atoms with Crippen molar-refractivity contribution in [3.63, 3.8) is 0 Å². The van der Waals surface area contributed by atoms with Crippen LogP contribution in [0.1, 0.15) is 31.4 Å². The number of aliphatic hydroxyl groups is 1. The number of hydrogen-bond acceptors (Lipinski definition) is 4. The van der Waals surface area contributed by atoms with Crippen molar-refractivity contribution in [2.24, 2.45) is 4.99 Å². The highest BCUT2D eigenvalue weighted by Crippen LogP contribution is 2.18. The van der Waals surface area contributed by atoms with Gasteiger partial charge in [0.15, 0.2) is 5.96 Å². The molecular formula is C17H28IN3O2S. The van der Waals surface area contributed by atoms with Crippen molar-refractivity contribution >= 4 is 41.7 Å². The summed E-state index contributed by atoms with van der Waals surface area (Å²) in [6.45, 7) is 3.19. The minimum absolute atomic E-state index is 0. The highest BCUT2D eigenvalue weighted by molar-refractivity contribution is 14.0. The molecule has 0 aliphatic carbocycles. The maximum absolute atomic E-state index is 10.3. The maximum atomic E-state index is 10.3. The highest BCUT2D eigenvalue weighted by atomic mass is 127. The molecule has 2 rings (SSSR count). The molecular weight excluding hydrogens is 437 g/mol. The van der Waals surface area contributed by atoms with Gasteiger partial charge in [-0.1, -0.05) is 12.1 Å². The predicted octanol–water partition coefficient (Wildman–Crippen LogP) is 2.80. The number of halogens is 1. The predicted molar refractivity (Wildman–Crippen MR) is 113 cm³/mol. The zero-order chi connectivity index (χ0) is 16.5. The summed E-state index contributed by atoms with van der Waals surface area (Å²) in [6.07, 6.45) is 1.81. The summed E-state index contributed by atoms with van der Waals surface area (Å²) in [5.74, 6) is 3.94. The second-order valence-electron chi connectivity index (χ2n) is 5.57. The van der Waals surface area contributed by atoms with Crippen molar-refractivity contribution in [2.75, 3.05) is 31.7 Å². The van der Waals surface area contributed by atoms with Gasteiger partial charge in [-0.15, -0.1) is 24.0 Å². The molecule has 7 heteroatoms. The lowest BCUT2D eigenvalue weighted by atomic mass is 10.1. The van der Waals surface area contributed by atoms with Crippen LogP contribution in [0.3, 0.4) is 0 Å². The minimum Gasteiger partial charge on any atom is -0.497 e. The van der Waals surface area contributed by atoms with E-state index in [1.807, 2.05) is 43.0 Å².